The Morgan fingerprint density at radius 3 is 2.08 bits per heavy atom. The first-order chi connectivity index (χ1) is 5.34. The topological polar surface area (TPSA) is 17.1 Å². The fraction of sp³-hybridized carbons (Fsp3) is 0.900. The molecule has 1 aliphatic rings. The van der Waals surface area contributed by atoms with Crippen molar-refractivity contribution in [2.45, 2.75) is 34.1 Å². The molecule has 1 fully saturated rings. The first kappa shape index (κ1) is 10.5. The zero-order valence-corrected chi connectivity index (χ0v) is 10.4. The summed E-state index contributed by atoms with van der Waals surface area (Å²) in [7, 11) is 0. The number of carbonyl (C=O) groups excluding carboxylic acids is 1. The summed E-state index contributed by atoms with van der Waals surface area (Å²) in [6.45, 7) is 8.62. The molecule has 0 bridgehead atoms. The molecule has 12 heavy (non-hydrogen) atoms. The summed E-state index contributed by atoms with van der Waals surface area (Å²) in [5.41, 5.74) is 0.0497. The summed E-state index contributed by atoms with van der Waals surface area (Å²) < 4.78 is 1.10. The third-order valence-electron chi connectivity index (χ3n) is 3.95. The normalized spacial score (nSPS) is 32.4. The molecule has 1 aliphatic carbocycles. The predicted octanol–water partition coefficient (Wildman–Crippen LogP) is 3.06. The van der Waals surface area contributed by atoms with Crippen molar-refractivity contribution >= 4 is 28.4 Å². The second-order valence-electron chi connectivity index (χ2n) is 4.83. The van der Waals surface area contributed by atoms with E-state index in [-0.39, 0.29) is 10.8 Å². The van der Waals surface area contributed by atoms with E-state index in [0.29, 0.717) is 11.7 Å². The molecule has 1 unspecified atom stereocenters. The highest BCUT2D eigenvalue weighted by atomic mass is 127. The first-order valence-electron chi connectivity index (χ1n) is 4.43. The Morgan fingerprint density at radius 1 is 1.42 bits per heavy atom. The lowest BCUT2D eigenvalue weighted by Gasteiger charge is -2.37. The van der Waals surface area contributed by atoms with E-state index in [2.05, 4.69) is 50.3 Å². The number of rotatable bonds is 1. The van der Waals surface area contributed by atoms with Gasteiger partial charge in [0.2, 0.25) is 0 Å². The van der Waals surface area contributed by atoms with Gasteiger partial charge in [-0.3, -0.25) is 4.79 Å². The minimum Gasteiger partial charge on any atom is -0.299 e. The lowest BCUT2D eigenvalue weighted by Crippen LogP contribution is -2.35. The standard InChI is InChI=1S/C10H17IO/c1-9(2)7(6-11)5-8(12)10(9,3)4/h7H,5-6H2,1-4H3. The summed E-state index contributed by atoms with van der Waals surface area (Å²) in [6.07, 6.45) is 0.781. The van der Waals surface area contributed by atoms with E-state index in [1.165, 1.54) is 0 Å². The number of halogens is 1. The van der Waals surface area contributed by atoms with Gasteiger partial charge in [-0.1, -0.05) is 50.3 Å². The molecule has 0 saturated heterocycles. The van der Waals surface area contributed by atoms with Gasteiger partial charge in [-0.2, -0.15) is 0 Å². The van der Waals surface area contributed by atoms with Crippen molar-refractivity contribution in [3.63, 3.8) is 0 Å². The molecule has 0 heterocycles. The minimum absolute atomic E-state index is 0.122. The summed E-state index contributed by atoms with van der Waals surface area (Å²) >= 11 is 2.39. The highest BCUT2D eigenvalue weighted by Crippen LogP contribution is 2.53. The molecule has 1 nitrogen and oxygen atoms in total. The molecule has 0 aromatic heterocycles. The lowest BCUT2D eigenvalue weighted by molar-refractivity contribution is -0.127. The van der Waals surface area contributed by atoms with Gasteiger partial charge in [-0.05, 0) is 11.3 Å². The molecule has 1 saturated carbocycles. The third-order valence-corrected chi connectivity index (χ3v) is 5.01. The zero-order valence-electron chi connectivity index (χ0n) is 8.28. The Balaban J connectivity index is 3.00. The van der Waals surface area contributed by atoms with Crippen molar-refractivity contribution < 1.29 is 4.79 Å². The molecule has 0 radical (unpaired) electrons. The number of hydrogen-bond donors (Lipinski definition) is 0. The Hall–Kier alpha value is 0.400. The number of ketones is 1. The molecule has 0 aromatic carbocycles. The van der Waals surface area contributed by atoms with Crippen LogP contribution in [0.25, 0.3) is 0 Å². The second-order valence-corrected chi connectivity index (χ2v) is 5.71. The van der Waals surface area contributed by atoms with Crippen LogP contribution in [-0.2, 0) is 4.79 Å². The summed E-state index contributed by atoms with van der Waals surface area (Å²) in [4.78, 5) is 11.7. The Bertz CT molecular complexity index is 206. The molecule has 2 heteroatoms. The number of hydrogen-bond acceptors (Lipinski definition) is 1. The van der Waals surface area contributed by atoms with E-state index >= 15 is 0 Å². The Labute approximate surface area is 88.4 Å². The van der Waals surface area contributed by atoms with Crippen LogP contribution < -0.4 is 0 Å². The zero-order chi connectivity index (χ0) is 9.57. The van der Waals surface area contributed by atoms with Crippen LogP contribution in [0, 0.1) is 16.7 Å². The predicted molar refractivity (Wildman–Crippen MR) is 59.6 cm³/mol. The van der Waals surface area contributed by atoms with Gasteiger partial charge in [0, 0.05) is 16.3 Å². The molecule has 1 rings (SSSR count). The molecular formula is C10H17IO. The van der Waals surface area contributed by atoms with Gasteiger partial charge in [-0.25, -0.2) is 0 Å². The van der Waals surface area contributed by atoms with Gasteiger partial charge in [0.1, 0.15) is 5.78 Å². The van der Waals surface area contributed by atoms with Crippen molar-refractivity contribution in [3.8, 4) is 0 Å². The lowest BCUT2D eigenvalue weighted by atomic mass is 9.67. The van der Waals surface area contributed by atoms with Crippen LogP contribution in [-0.4, -0.2) is 10.2 Å². The second kappa shape index (κ2) is 2.96. The maximum atomic E-state index is 11.7. The number of Topliss-reactive ketones (excluding diaryl/α,β-unsaturated/α-hetero) is 1. The number of alkyl halides is 1. The van der Waals surface area contributed by atoms with Crippen molar-refractivity contribution in [2.24, 2.45) is 16.7 Å². The van der Waals surface area contributed by atoms with Crippen LogP contribution in [0.5, 0.6) is 0 Å². The van der Waals surface area contributed by atoms with Crippen molar-refractivity contribution in [1.29, 1.82) is 0 Å². The molecule has 0 aliphatic heterocycles. The maximum Gasteiger partial charge on any atom is 0.139 e. The highest BCUT2D eigenvalue weighted by molar-refractivity contribution is 14.1. The van der Waals surface area contributed by atoms with E-state index in [0.717, 1.165) is 10.8 Å². The SMILES string of the molecule is CC1(C)C(=O)CC(CI)C1(C)C. The maximum absolute atomic E-state index is 11.7. The Morgan fingerprint density at radius 2 is 1.92 bits per heavy atom. The van der Waals surface area contributed by atoms with E-state index in [1.807, 2.05) is 0 Å². The van der Waals surface area contributed by atoms with Crippen molar-refractivity contribution in [2.75, 3.05) is 4.43 Å². The molecule has 70 valence electrons. The molecule has 0 amide bonds. The van der Waals surface area contributed by atoms with E-state index in [1.54, 1.807) is 0 Å². The first-order valence-corrected chi connectivity index (χ1v) is 5.96. The van der Waals surface area contributed by atoms with E-state index < -0.39 is 0 Å². The fourth-order valence-corrected chi connectivity index (χ4v) is 3.26. The Kier molecular flexibility index (Phi) is 2.59. The monoisotopic (exact) mass is 280 g/mol. The van der Waals surface area contributed by atoms with Gasteiger partial charge in [0.05, 0.1) is 0 Å². The van der Waals surface area contributed by atoms with Gasteiger partial charge in [0.15, 0.2) is 0 Å². The smallest absolute Gasteiger partial charge is 0.139 e. The molecule has 0 N–H and O–H groups in total. The third kappa shape index (κ3) is 1.22. The average Bonchev–Trinajstić information content (AvgIpc) is 2.10. The van der Waals surface area contributed by atoms with Crippen molar-refractivity contribution in [1.82, 2.24) is 0 Å². The van der Waals surface area contributed by atoms with Gasteiger partial charge < -0.3 is 0 Å². The van der Waals surface area contributed by atoms with Gasteiger partial charge in [-0.15, -0.1) is 0 Å². The summed E-state index contributed by atoms with van der Waals surface area (Å²) in [6, 6.07) is 0. The summed E-state index contributed by atoms with van der Waals surface area (Å²) in [5.74, 6) is 1.01. The van der Waals surface area contributed by atoms with Crippen LogP contribution in [0.1, 0.15) is 34.1 Å². The van der Waals surface area contributed by atoms with Crippen LogP contribution >= 0.6 is 22.6 Å². The van der Waals surface area contributed by atoms with Crippen LogP contribution in [0.3, 0.4) is 0 Å². The average molecular weight is 280 g/mol. The molecule has 1 atom stereocenters. The summed E-state index contributed by atoms with van der Waals surface area (Å²) in [5, 5.41) is 0. The van der Waals surface area contributed by atoms with Gasteiger partial charge >= 0.3 is 0 Å². The van der Waals surface area contributed by atoms with Gasteiger partial charge in [0.25, 0.3) is 0 Å². The van der Waals surface area contributed by atoms with E-state index in [9.17, 15) is 4.79 Å². The van der Waals surface area contributed by atoms with Crippen molar-refractivity contribution in [3.05, 3.63) is 0 Å². The molecule has 0 spiro atoms. The van der Waals surface area contributed by atoms with Crippen LogP contribution in [0.15, 0.2) is 0 Å². The minimum atomic E-state index is -0.122. The largest absolute Gasteiger partial charge is 0.299 e. The fourth-order valence-electron chi connectivity index (χ4n) is 1.85. The highest BCUT2D eigenvalue weighted by Gasteiger charge is 2.53. The van der Waals surface area contributed by atoms with Crippen LogP contribution in [0.2, 0.25) is 0 Å². The molecule has 0 aromatic rings. The van der Waals surface area contributed by atoms with E-state index in [4.69, 9.17) is 0 Å². The number of carbonyl (C=O) groups is 1. The van der Waals surface area contributed by atoms with Crippen LogP contribution in [0.4, 0.5) is 0 Å². The molecular weight excluding hydrogens is 263 g/mol. The quantitative estimate of drug-likeness (QED) is 0.533.